The largest absolute Gasteiger partial charge is 0.321 e. The van der Waals surface area contributed by atoms with Gasteiger partial charge in [0.15, 0.2) is 0 Å². The first-order valence-electron chi connectivity index (χ1n) is 8.33. The Hall–Kier alpha value is -3.65. The molecule has 1 aliphatic rings. The Kier molecular flexibility index (Phi) is 3.67. The average molecular weight is 341 g/mol. The molecule has 0 aromatic heterocycles. The van der Waals surface area contributed by atoms with Crippen LogP contribution in [-0.2, 0) is 0 Å². The molecule has 5 nitrogen and oxygen atoms in total. The summed E-state index contributed by atoms with van der Waals surface area (Å²) in [5.74, 6) is -0.268. The molecule has 1 heterocycles. The Balaban J connectivity index is 1.75. The van der Waals surface area contributed by atoms with E-state index in [4.69, 9.17) is 5.26 Å². The lowest BCUT2D eigenvalue weighted by Crippen LogP contribution is -2.25. The fraction of sp³-hybridized carbons (Fsp3) is 0.0952. The number of hydrogen-bond acceptors (Lipinski definition) is 3. The first-order chi connectivity index (χ1) is 12.6. The molecule has 3 aromatic carbocycles. The Morgan fingerprint density at radius 2 is 1.88 bits per heavy atom. The minimum atomic E-state index is -0.258. The van der Waals surface area contributed by atoms with E-state index in [1.807, 2.05) is 43.3 Å². The molecule has 0 bridgehead atoms. The second-order valence-electron chi connectivity index (χ2n) is 6.05. The summed E-state index contributed by atoms with van der Waals surface area (Å²) in [6, 6.07) is 17.7. The van der Waals surface area contributed by atoms with Crippen LogP contribution < -0.4 is 10.2 Å². The van der Waals surface area contributed by atoms with Crippen LogP contribution in [0.5, 0.6) is 0 Å². The van der Waals surface area contributed by atoms with Gasteiger partial charge in [-0.25, -0.2) is 0 Å². The van der Waals surface area contributed by atoms with Gasteiger partial charge in [0.1, 0.15) is 0 Å². The van der Waals surface area contributed by atoms with Crippen molar-refractivity contribution in [3.8, 4) is 6.07 Å². The molecule has 0 saturated carbocycles. The van der Waals surface area contributed by atoms with E-state index in [2.05, 4.69) is 5.32 Å². The van der Waals surface area contributed by atoms with Gasteiger partial charge in [-0.3, -0.25) is 9.59 Å². The van der Waals surface area contributed by atoms with E-state index in [1.165, 1.54) is 0 Å². The predicted molar refractivity (Wildman–Crippen MR) is 100 cm³/mol. The third-order valence-corrected chi connectivity index (χ3v) is 4.63. The van der Waals surface area contributed by atoms with E-state index in [0.717, 1.165) is 16.5 Å². The van der Waals surface area contributed by atoms with Crippen molar-refractivity contribution in [3.05, 3.63) is 71.3 Å². The first kappa shape index (κ1) is 15.9. The van der Waals surface area contributed by atoms with Crippen molar-refractivity contribution in [2.45, 2.75) is 6.92 Å². The molecule has 4 rings (SSSR count). The summed E-state index contributed by atoms with van der Waals surface area (Å²) in [4.78, 5) is 26.8. The number of amides is 2. The van der Waals surface area contributed by atoms with Crippen molar-refractivity contribution < 1.29 is 9.59 Å². The topological polar surface area (TPSA) is 73.2 Å². The number of nitrogens with one attached hydrogen (secondary N) is 1. The Morgan fingerprint density at radius 3 is 2.58 bits per heavy atom. The Morgan fingerprint density at radius 1 is 1.12 bits per heavy atom. The van der Waals surface area contributed by atoms with Gasteiger partial charge in [0.25, 0.3) is 11.8 Å². The number of rotatable bonds is 3. The third-order valence-electron chi connectivity index (χ3n) is 4.63. The molecule has 0 saturated heterocycles. The lowest BCUT2D eigenvalue weighted by Gasteiger charge is -2.15. The molecule has 0 atom stereocenters. The molecule has 0 fully saturated rings. The molecule has 0 radical (unpaired) electrons. The number of benzene rings is 3. The fourth-order valence-corrected chi connectivity index (χ4v) is 3.36. The second kappa shape index (κ2) is 6.01. The van der Waals surface area contributed by atoms with Crippen LogP contribution in [-0.4, -0.2) is 18.4 Å². The zero-order chi connectivity index (χ0) is 18.3. The SMILES string of the molecule is CCN1C(=O)c2cccc3c(NC(=O)c4ccc(C#N)cc4)ccc1c23. The van der Waals surface area contributed by atoms with Crippen LogP contribution in [0.1, 0.15) is 33.2 Å². The molecule has 0 unspecified atom stereocenters. The van der Waals surface area contributed by atoms with Crippen LogP contribution in [0.25, 0.3) is 10.8 Å². The summed E-state index contributed by atoms with van der Waals surface area (Å²) >= 11 is 0. The van der Waals surface area contributed by atoms with Crippen LogP contribution in [0.3, 0.4) is 0 Å². The van der Waals surface area contributed by atoms with Gasteiger partial charge >= 0.3 is 0 Å². The molecule has 0 aliphatic carbocycles. The zero-order valence-electron chi connectivity index (χ0n) is 14.1. The van der Waals surface area contributed by atoms with Gasteiger partial charge in [0.05, 0.1) is 17.3 Å². The van der Waals surface area contributed by atoms with Crippen molar-refractivity contribution in [3.63, 3.8) is 0 Å². The standard InChI is InChI=1S/C21H15N3O2/c1-2-24-18-11-10-17(15-4-3-5-16(19(15)18)21(24)26)23-20(25)14-8-6-13(12-22)7-9-14/h3-11H,2H2,1H3,(H,23,25). The van der Waals surface area contributed by atoms with Crippen LogP contribution in [0, 0.1) is 11.3 Å². The van der Waals surface area contributed by atoms with E-state index >= 15 is 0 Å². The van der Waals surface area contributed by atoms with Crippen LogP contribution in [0.2, 0.25) is 0 Å². The summed E-state index contributed by atoms with van der Waals surface area (Å²) in [7, 11) is 0. The Bertz CT molecular complexity index is 1090. The van der Waals surface area contributed by atoms with Gasteiger partial charge in [0, 0.05) is 34.1 Å². The Labute approximate surface area is 150 Å². The van der Waals surface area contributed by atoms with Gasteiger partial charge in [0.2, 0.25) is 0 Å². The molecule has 2 amide bonds. The van der Waals surface area contributed by atoms with Gasteiger partial charge in [-0.15, -0.1) is 0 Å². The summed E-state index contributed by atoms with van der Waals surface area (Å²) < 4.78 is 0. The second-order valence-corrected chi connectivity index (χ2v) is 6.05. The van der Waals surface area contributed by atoms with E-state index in [1.54, 1.807) is 29.2 Å². The lowest BCUT2D eigenvalue weighted by molar-refractivity contribution is 0.0992. The van der Waals surface area contributed by atoms with Crippen LogP contribution in [0.15, 0.2) is 54.6 Å². The van der Waals surface area contributed by atoms with Crippen molar-refractivity contribution in [2.24, 2.45) is 0 Å². The molecule has 5 heteroatoms. The highest BCUT2D eigenvalue weighted by Gasteiger charge is 2.29. The molecule has 26 heavy (non-hydrogen) atoms. The number of carbonyl (C=O) groups excluding carboxylic acids is 2. The van der Waals surface area contributed by atoms with E-state index < -0.39 is 0 Å². The smallest absolute Gasteiger partial charge is 0.258 e. The monoisotopic (exact) mass is 341 g/mol. The van der Waals surface area contributed by atoms with Gasteiger partial charge in [-0.1, -0.05) is 12.1 Å². The summed E-state index contributed by atoms with van der Waals surface area (Å²) in [6.45, 7) is 2.54. The van der Waals surface area contributed by atoms with E-state index in [9.17, 15) is 9.59 Å². The van der Waals surface area contributed by atoms with Crippen LogP contribution in [0.4, 0.5) is 11.4 Å². The minimum Gasteiger partial charge on any atom is -0.321 e. The maximum atomic E-state index is 12.6. The summed E-state index contributed by atoms with van der Waals surface area (Å²) in [5.41, 5.74) is 3.17. The van der Waals surface area contributed by atoms with E-state index in [0.29, 0.717) is 28.9 Å². The lowest BCUT2D eigenvalue weighted by atomic mass is 10.0. The quantitative estimate of drug-likeness (QED) is 0.784. The fourth-order valence-electron chi connectivity index (χ4n) is 3.36. The summed E-state index contributed by atoms with van der Waals surface area (Å²) in [6.07, 6.45) is 0. The number of nitriles is 1. The van der Waals surface area contributed by atoms with Crippen molar-refractivity contribution in [2.75, 3.05) is 16.8 Å². The normalized spacial score (nSPS) is 12.3. The number of carbonyl (C=O) groups is 2. The maximum absolute atomic E-state index is 12.6. The van der Waals surface area contributed by atoms with Crippen molar-refractivity contribution >= 4 is 34.0 Å². The molecule has 0 spiro atoms. The molecule has 126 valence electrons. The number of anilines is 2. The third kappa shape index (κ3) is 2.32. The van der Waals surface area contributed by atoms with Gasteiger partial charge in [-0.2, -0.15) is 5.26 Å². The molecule has 1 aliphatic heterocycles. The average Bonchev–Trinajstić information content (AvgIpc) is 2.96. The van der Waals surface area contributed by atoms with Gasteiger partial charge in [-0.05, 0) is 49.4 Å². The highest BCUT2D eigenvalue weighted by Crippen LogP contribution is 2.40. The molecule has 3 aromatic rings. The molecule has 1 N–H and O–H groups in total. The predicted octanol–water partition coefficient (Wildman–Crippen LogP) is 3.94. The molecular formula is C21H15N3O2. The molecular weight excluding hydrogens is 326 g/mol. The number of nitrogens with zero attached hydrogens (tertiary/aromatic N) is 2. The van der Waals surface area contributed by atoms with Crippen molar-refractivity contribution in [1.82, 2.24) is 0 Å². The first-order valence-corrected chi connectivity index (χ1v) is 8.33. The summed E-state index contributed by atoms with van der Waals surface area (Å²) in [5, 5.41) is 13.5. The van der Waals surface area contributed by atoms with Crippen LogP contribution >= 0.6 is 0 Å². The van der Waals surface area contributed by atoms with E-state index in [-0.39, 0.29) is 11.8 Å². The highest BCUT2D eigenvalue weighted by molar-refractivity contribution is 6.27. The van der Waals surface area contributed by atoms with Crippen molar-refractivity contribution in [1.29, 1.82) is 5.26 Å². The minimum absolute atomic E-state index is 0.0105. The van der Waals surface area contributed by atoms with Gasteiger partial charge < -0.3 is 10.2 Å². The maximum Gasteiger partial charge on any atom is 0.258 e. The highest BCUT2D eigenvalue weighted by atomic mass is 16.2. The number of hydrogen-bond donors (Lipinski definition) is 1. The zero-order valence-corrected chi connectivity index (χ0v) is 14.1.